The molecule has 0 radical (unpaired) electrons. The molecule has 7 heteroatoms. The topological polar surface area (TPSA) is 49.3 Å². The standard InChI is InChI=1S/C22H31ClN4OS/c1-3-4-5-18-24-21(27-12-10-26(11-13-27)19(28)8-9-23)20-16-7-6-15(2)14-17(16)29-22(20)25-18/h15H,3-14H2,1-2H3/t15-/m1/s1. The molecular weight excluding hydrogens is 404 g/mol. The van der Waals surface area contributed by atoms with Crippen molar-refractivity contribution in [2.45, 2.75) is 58.8 Å². The molecule has 2 aromatic rings. The Labute approximate surface area is 182 Å². The first-order valence-electron chi connectivity index (χ1n) is 11.0. The van der Waals surface area contributed by atoms with E-state index in [1.807, 2.05) is 16.2 Å². The second kappa shape index (κ2) is 9.17. The van der Waals surface area contributed by atoms with Crippen LogP contribution in [0.4, 0.5) is 5.82 Å². The summed E-state index contributed by atoms with van der Waals surface area (Å²) in [7, 11) is 0. The zero-order valence-electron chi connectivity index (χ0n) is 17.5. The number of piperazine rings is 1. The van der Waals surface area contributed by atoms with Crippen LogP contribution in [0.15, 0.2) is 0 Å². The van der Waals surface area contributed by atoms with Crippen molar-refractivity contribution in [1.82, 2.24) is 14.9 Å². The molecule has 0 N–H and O–H groups in total. The molecule has 1 atom stereocenters. The van der Waals surface area contributed by atoms with E-state index in [9.17, 15) is 4.79 Å². The van der Waals surface area contributed by atoms with Gasteiger partial charge < -0.3 is 9.80 Å². The van der Waals surface area contributed by atoms with Crippen molar-refractivity contribution in [2.75, 3.05) is 37.0 Å². The monoisotopic (exact) mass is 434 g/mol. The lowest BCUT2D eigenvalue weighted by molar-refractivity contribution is -0.131. The predicted molar refractivity (Wildman–Crippen MR) is 121 cm³/mol. The summed E-state index contributed by atoms with van der Waals surface area (Å²) < 4.78 is 0. The molecule has 1 amide bonds. The zero-order chi connectivity index (χ0) is 20.4. The molecule has 158 valence electrons. The summed E-state index contributed by atoms with van der Waals surface area (Å²) in [6.45, 7) is 7.71. The molecule has 3 heterocycles. The number of carbonyl (C=O) groups is 1. The highest BCUT2D eigenvalue weighted by Crippen LogP contribution is 2.41. The summed E-state index contributed by atoms with van der Waals surface area (Å²) >= 11 is 7.64. The Hall–Kier alpha value is -1.40. The highest BCUT2D eigenvalue weighted by Gasteiger charge is 2.28. The zero-order valence-corrected chi connectivity index (χ0v) is 19.1. The van der Waals surface area contributed by atoms with Gasteiger partial charge in [0.15, 0.2) is 0 Å². The Balaban J connectivity index is 1.66. The van der Waals surface area contributed by atoms with Gasteiger partial charge in [-0.1, -0.05) is 20.3 Å². The van der Waals surface area contributed by atoms with E-state index in [1.54, 1.807) is 0 Å². The van der Waals surface area contributed by atoms with Gasteiger partial charge in [0.25, 0.3) is 0 Å². The van der Waals surface area contributed by atoms with Gasteiger partial charge in [-0.25, -0.2) is 9.97 Å². The molecule has 0 spiro atoms. The van der Waals surface area contributed by atoms with Gasteiger partial charge in [-0.3, -0.25) is 4.79 Å². The van der Waals surface area contributed by atoms with Crippen molar-refractivity contribution in [3.05, 3.63) is 16.3 Å². The van der Waals surface area contributed by atoms with Crippen molar-refractivity contribution < 1.29 is 4.79 Å². The molecule has 5 nitrogen and oxygen atoms in total. The minimum absolute atomic E-state index is 0.165. The second-order valence-corrected chi connectivity index (χ2v) is 9.87. The van der Waals surface area contributed by atoms with E-state index >= 15 is 0 Å². The number of thiophene rings is 1. The second-order valence-electron chi connectivity index (χ2n) is 8.41. The summed E-state index contributed by atoms with van der Waals surface area (Å²) in [4.78, 5) is 29.2. The average molecular weight is 435 g/mol. The molecule has 2 aromatic heterocycles. The number of carbonyl (C=O) groups excluding carboxylic acids is 1. The number of alkyl halides is 1. The largest absolute Gasteiger partial charge is 0.352 e. The van der Waals surface area contributed by atoms with Crippen molar-refractivity contribution in [2.24, 2.45) is 5.92 Å². The summed E-state index contributed by atoms with van der Waals surface area (Å²) in [5.74, 6) is 3.39. The van der Waals surface area contributed by atoms with Crippen LogP contribution in [0, 0.1) is 5.92 Å². The lowest BCUT2D eigenvalue weighted by Gasteiger charge is -2.36. The van der Waals surface area contributed by atoms with Gasteiger partial charge >= 0.3 is 0 Å². The average Bonchev–Trinajstić information content (AvgIpc) is 3.09. The number of aryl methyl sites for hydroxylation is 2. The van der Waals surface area contributed by atoms with Crippen LogP contribution in [0.25, 0.3) is 10.2 Å². The van der Waals surface area contributed by atoms with Crippen molar-refractivity contribution in [3.63, 3.8) is 0 Å². The van der Waals surface area contributed by atoms with E-state index < -0.39 is 0 Å². The summed E-state index contributed by atoms with van der Waals surface area (Å²) in [6, 6.07) is 0. The summed E-state index contributed by atoms with van der Waals surface area (Å²) in [5.41, 5.74) is 1.49. The van der Waals surface area contributed by atoms with Crippen LogP contribution in [0.5, 0.6) is 0 Å². The van der Waals surface area contributed by atoms with E-state index in [-0.39, 0.29) is 5.91 Å². The number of halogens is 1. The third-order valence-electron chi connectivity index (χ3n) is 6.18. The van der Waals surface area contributed by atoms with E-state index in [0.29, 0.717) is 12.3 Å². The van der Waals surface area contributed by atoms with Gasteiger partial charge in [0.05, 0.1) is 5.39 Å². The number of amides is 1. The maximum atomic E-state index is 12.2. The molecule has 1 aliphatic carbocycles. The van der Waals surface area contributed by atoms with E-state index in [2.05, 4.69) is 18.7 Å². The lowest BCUT2D eigenvalue weighted by atomic mass is 9.89. The maximum absolute atomic E-state index is 12.2. The highest BCUT2D eigenvalue weighted by molar-refractivity contribution is 7.19. The molecule has 2 aliphatic rings. The fourth-order valence-corrected chi connectivity index (χ4v) is 6.01. The van der Waals surface area contributed by atoms with Crippen molar-refractivity contribution in [1.29, 1.82) is 0 Å². The van der Waals surface area contributed by atoms with Crippen LogP contribution in [0.1, 0.15) is 55.8 Å². The molecule has 1 fully saturated rings. The van der Waals surface area contributed by atoms with Gasteiger partial charge in [0.2, 0.25) is 5.91 Å². The van der Waals surface area contributed by atoms with Crippen molar-refractivity contribution in [3.8, 4) is 0 Å². The Morgan fingerprint density at radius 1 is 1.24 bits per heavy atom. The van der Waals surface area contributed by atoms with Crippen LogP contribution < -0.4 is 4.90 Å². The first-order valence-corrected chi connectivity index (χ1v) is 12.4. The van der Waals surface area contributed by atoms with E-state index in [0.717, 1.165) is 69.4 Å². The minimum Gasteiger partial charge on any atom is -0.352 e. The molecule has 0 unspecified atom stereocenters. The smallest absolute Gasteiger partial charge is 0.223 e. The van der Waals surface area contributed by atoms with Crippen molar-refractivity contribution >= 4 is 44.9 Å². The third-order valence-corrected chi connectivity index (χ3v) is 7.51. The highest BCUT2D eigenvalue weighted by atomic mass is 35.5. The normalized spacial score (nSPS) is 19.6. The molecule has 1 saturated heterocycles. The predicted octanol–water partition coefficient (Wildman–Crippen LogP) is 4.44. The Morgan fingerprint density at radius 3 is 2.76 bits per heavy atom. The minimum atomic E-state index is 0.165. The van der Waals surface area contributed by atoms with Gasteiger partial charge in [-0.15, -0.1) is 22.9 Å². The molecule has 4 rings (SSSR count). The fraction of sp³-hybridized carbons (Fsp3) is 0.682. The molecule has 0 saturated carbocycles. The van der Waals surface area contributed by atoms with Crippen LogP contribution in [-0.2, 0) is 24.1 Å². The molecule has 1 aliphatic heterocycles. The third kappa shape index (κ3) is 4.38. The van der Waals surface area contributed by atoms with E-state index in [4.69, 9.17) is 21.6 Å². The molecule has 0 bridgehead atoms. The van der Waals surface area contributed by atoms with E-state index in [1.165, 1.54) is 33.5 Å². The number of anilines is 1. The number of unbranched alkanes of at least 4 members (excludes halogenated alkanes) is 1. The quantitative estimate of drug-likeness (QED) is 0.631. The summed E-state index contributed by atoms with van der Waals surface area (Å²) in [6.07, 6.45) is 7.18. The first kappa shape index (κ1) is 20.9. The Kier molecular flexibility index (Phi) is 6.60. The number of hydrogen-bond acceptors (Lipinski definition) is 5. The van der Waals surface area contributed by atoms with Gasteiger partial charge in [-0.05, 0) is 37.2 Å². The molecular formula is C22H31ClN4OS. The SMILES string of the molecule is CCCCc1nc(N2CCN(C(=O)CCCl)CC2)c2c3c(sc2n1)C[C@H](C)CC3. The number of rotatable bonds is 6. The number of aromatic nitrogens is 2. The van der Waals surface area contributed by atoms with Crippen LogP contribution in [0.3, 0.4) is 0 Å². The van der Waals surface area contributed by atoms with Gasteiger partial charge in [0.1, 0.15) is 16.5 Å². The lowest BCUT2D eigenvalue weighted by Crippen LogP contribution is -2.49. The van der Waals surface area contributed by atoms with Crippen LogP contribution in [0.2, 0.25) is 0 Å². The van der Waals surface area contributed by atoms with Crippen LogP contribution in [-0.4, -0.2) is 52.8 Å². The number of fused-ring (bicyclic) bond motifs is 3. The molecule has 29 heavy (non-hydrogen) atoms. The maximum Gasteiger partial charge on any atom is 0.223 e. The molecule has 0 aromatic carbocycles. The Morgan fingerprint density at radius 2 is 2.03 bits per heavy atom. The fourth-order valence-electron chi connectivity index (χ4n) is 4.45. The van der Waals surface area contributed by atoms with Gasteiger partial charge in [0, 0.05) is 49.8 Å². The van der Waals surface area contributed by atoms with Gasteiger partial charge in [-0.2, -0.15) is 0 Å². The first-order chi connectivity index (χ1) is 14.1. The summed E-state index contributed by atoms with van der Waals surface area (Å²) in [5, 5.41) is 1.29. The number of hydrogen-bond donors (Lipinski definition) is 0. The Bertz CT molecular complexity index is 875. The van der Waals surface area contributed by atoms with Crippen LogP contribution >= 0.6 is 22.9 Å². The number of nitrogens with zero attached hydrogens (tertiary/aromatic N) is 4.